The Morgan fingerprint density at radius 1 is 1.14 bits per heavy atom. The van der Waals surface area contributed by atoms with E-state index in [4.69, 9.17) is 0 Å². The van der Waals surface area contributed by atoms with Crippen molar-refractivity contribution in [2.75, 3.05) is 0 Å². The molecule has 2 heterocycles. The quantitative estimate of drug-likeness (QED) is 0.596. The number of Topliss-reactive ketones (excluding diaryl/α,β-unsaturated/α-hetero) is 1. The average Bonchev–Trinajstić information content (AvgIpc) is 2.89. The lowest BCUT2D eigenvalue weighted by molar-refractivity contribution is 0.0923. The predicted octanol–water partition coefficient (Wildman–Crippen LogP) is 4.84. The predicted molar refractivity (Wildman–Crippen MR) is 92.3 cm³/mol. The zero-order valence-corrected chi connectivity index (χ0v) is 13.2. The van der Waals surface area contributed by atoms with E-state index in [-0.39, 0.29) is 16.4 Å². The van der Waals surface area contributed by atoms with Crippen molar-refractivity contribution in [1.29, 1.82) is 0 Å². The molecule has 0 amide bonds. The summed E-state index contributed by atoms with van der Waals surface area (Å²) in [5, 5.41) is 0.417. The average molecular weight is 306 g/mol. The van der Waals surface area contributed by atoms with Gasteiger partial charge < -0.3 is 0 Å². The molecule has 2 heteroatoms. The number of hydrogen-bond donors (Lipinski definition) is 0. The first kappa shape index (κ1) is 13.8. The summed E-state index contributed by atoms with van der Waals surface area (Å²) in [4.78, 5) is 13.3. The molecule has 22 heavy (non-hydrogen) atoms. The molecule has 0 aliphatic carbocycles. The van der Waals surface area contributed by atoms with Gasteiger partial charge in [-0.3, -0.25) is 4.79 Å². The summed E-state index contributed by atoms with van der Waals surface area (Å²) in [5.74, 6) is 0.502. The topological polar surface area (TPSA) is 17.1 Å². The number of thioether (sulfide) groups is 1. The van der Waals surface area contributed by atoms with Crippen molar-refractivity contribution in [3.05, 3.63) is 83.9 Å². The molecule has 0 radical (unpaired) electrons. The highest BCUT2D eigenvalue weighted by atomic mass is 32.2. The van der Waals surface area contributed by atoms with Gasteiger partial charge in [0.25, 0.3) is 0 Å². The van der Waals surface area contributed by atoms with E-state index in [1.54, 1.807) is 0 Å². The SMILES string of the molecule is C=CC1C[C@H]2S[C@]1(C(=O)c1ccccc1)Cc1ccccc12. The molecule has 110 valence electrons. The molecule has 1 nitrogen and oxygen atoms in total. The lowest BCUT2D eigenvalue weighted by Gasteiger charge is -2.35. The van der Waals surface area contributed by atoms with Gasteiger partial charge in [0, 0.05) is 16.7 Å². The third kappa shape index (κ3) is 1.90. The number of allylic oxidation sites excluding steroid dienone is 1. The first-order valence-electron chi connectivity index (χ1n) is 7.72. The maximum absolute atomic E-state index is 13.3. The second kappa shape index (κ2) is 5.13. The van der Waals surface area contributed by atoms with Gasteiger partial charge >= 0.3 is 0 Å². The van der Waals surface area contributed by atoms with Crippen LogP contribution in [-0.2, 0) is 6.42 Å². The highest BCUT2D eigenvalue weighted by Crippen LogP contribution is 2.61. The van der Waals surface area contributed by atoms with Crippen LogP contribution in [0.5, 0.6) is 0 Å². The van der Waals surface area contributed by atoms with Crippen LogP contribution >= 0.6 is 11.8 Å². The summed E-state index contributed by atoms with van der Waals surface area (Å²) >= 11 is 1.86. The highest BCUT2D eigenvalue weighted by molar-refractivity contribution is 8.02. The van der Waals surface area contributed by atoms with Crippen molar-refractivity contribution in [3.63, 3.8) is 0 Å². The molecule has 4 rings (SSSR count). The Morgan fingerprint density at radius 3 is 2.64 bits per heavy atom. The number of rotatable bonds is 3. The van der Waals surface area contributed by atoms with E-state index in [9.17, 15) is 4.79 Å². The first-order valence-corrected chi connectivity index (χ1v) is 8.60. The number of fused-ring (bicyclic) bond motifs is 4. The molecule has 3 atom stereocenters. The Balaban J connectivity index is 1.82. The molecule has 2 aliphatic heterocycles. The van der Waals surface area contributed by atoms with Crippen LogP contribution in [0, 0.1) is 5.92 Å². The monoisotopic (exact) mass is 306 g/mol. The van der Waals surface area contributed by atoms with Crippen molar-refractivity contribution >= 4 is 17.5 Å². The minimum Gasteiger partial charge on any atom is -0.293 e. The Bertz CT molecular complexity index is 736. The second-order valence-electron chi connectivity index (χ2n) is 6.14. The van der Waals surface area contributed by atoms with Crippen LogP contribution < -0.4 is 0 Å². The lowest BCUT2D eigenvalue weighted by Crippen LogP contribution is -2.42. The molecule has 1 fully saturated rings. The summed E-state index contributed by atoms with van der Waals surface area (Å²) < 4.78 is -0.373. The maximum atomic E-state index is 13.3. The third-order valence-corrected chi connectivity index (χ3v) is 6.76. The minimum atomic E-state index is -0.373. The van der Waals surface area contributed by atoms with Crippen molar-refractivity contribution < 1.29 is 4.79 Å². The zero-order valence-electron chi connectivity index (χ0n) is 12.4. The third-order valence-electron chi connectivity index (χ3n) is 4.98. The van der Waals surface area contributed by atoms with E-state index in [0.29, 0.717) is 5.25 Å². The Labute approximate surface area is 135 Å². The lowest BCUT2D eigenvalue weighted by atomic mass is 9.80. The summed E-state index contributed by atoms with van der Waals surface area (Å²) in [6, 6.07) is 18.3. The fourth-order valence-corrected chi connectivity index (χ4v) is 5.89. The van der Waals surface area contributed by atoms with Crippen LogP contribution in [0.1, 0.15) is 33.2 Å². The van der Waals surface area contributed by atoms with Crippen LogP contribution in [0.3, 0.4) is 0 Å². The van der Waals surface area contributed by atoms with Crippen molar-refractivity contribution in [1.82, 2.24) is 0 Å². The van der Waals surface area contributed by atoms with E-state index < -0.39 is 0 Å². The Hall–Kier alpha value is -1.80. The van der Waals surface area contributed by atoms with Gasteiger partial charge in [-0.2, -0.15) is 0 Å². The highest BCUT2D eigenvalue weighted by Gasteiger charge is 2.55. The summed E-state index contributed by atoms with van der Waals surface area (Å²) in [5.41, 5.74) is 3.56. The first-order chi connectivity index (χ1) is 10.7. The van der Waals surface area contributed by atoms with Gasteiger partial charge in [0.1, 0.15) is 0 Å². The molecule has 2 aliphatic rings. The normalized spacial score (nSPS) is 28.9. The van der Waals surface area contributed by atoms with E-state index in [1.165, 1.54) is 11.1 Å². The molecule has 2 aromatic carbocycles. The van der Waals surface area contributed by atoms with E-state index in [1.807, 2.05) is 48.2 Å². The Kier molecular flexibility index (Phi) is 3.23. The van der Waals surface area contributed by atoms with Gasteiger partial charge in [-0.1, -0.05) is 60.7 Å². The number of benzene rings is 2. The van der Waals surface area contributed by atoms with Gasteiger partial charge in [-0.05, 0) is 24.0 Å². The molecule has 1 unspecified atom stereocenters. The Morgan fingerprint density at radius 2 is 1.86 bits per heavy atom. The van der Waals surface area contributed by atoms with Gasteiger partial charge in [0.2, 0.25) is 0 Å². The summed E-state index contributed by atoms with van der Waals surface area (Å²) in [7, 11) is 0. The molecule has 0 saturated carbocycles. The second-order valence-corrected chi connectivity index (χ2v) is 7.68. The molecule has 2 aromatic rings. The molecule has 0 spiro atoms. The van der Waals surface area contributed by atoms with Gasteiger partial charge in [0.05, 0.1) is 4.75 Å². The number of carbonyl (C=O) groups is 1. The van der Waals surface area contributed by atoms with E-state index in [2.05, 4.69) is 30.8 Å². The van der Waals surface area contributed by atoms with Crippen LogP contribution in [0.15, 0.2) is 67.3 Å². The van der Waals surface area contributed by atoms with Crippen LogP contribution in [0.2, 0.25) is 0 Å². The largest absolute Gasteiger partial charge is 0.293 e. The van der Waals surface area contributed by atoms with Crippen molar-refractivity contribution in [2.45, 2.75) is 22.8 Å². The zero-order chi connectivity index (χ0) is 15.2. The van der Waals surface area contributed by atoms with Crippen LogP contribution in [0.25, 0.3) is 0 Å². The van der Waals surface area contributed by atoms with Crippen molar-refractivity contribution in [2.24, 2.45) is 5.92 Å². The fourth-order valence-electron chi connectivity index (χ4n) is 3.89. The standard InChI is InChI=1S/C20H18OS/c1-2-16-12-18-17-11-7-6-10-15(17)13-20(16,22-18)19(21)14-8-4-3-5-9-14/h2-11,16,18H,1,12-13H2/t16?,18-,20-/m1/s1. The number of ketones is 1. The summed E-state index contributed by atoms with van der Waals surface area (Å²) in [6.45, 7) is 4.02. The number of hydrogen-bond acceptors (Lipinski definition) is 2. The van der Waals surface area contributed by atoms with Crippen LogP contribution in [0.4, 0.5) is 0 Å². The van der Waals surface area contributed by atoms with Gasteiger partial charge in [0.15, 0.2) is 5.78 Å². The van der Waals surface area contributed by atoms with Crippen LogP contribution in [-0.4, -0.2) is 10.5 Å². The molecule has 0 N–H and O–H groups in total. The van der Waals surface area contributed by atoms with E-state index >= 15 is 0 Å². The van der Waals surface area contributed by atoms with Gasteiger partial charge in [-0.25, -0.2) is 0 Å². The molecule has 1 saturated heterocycles. The van der Waals surface area contributed by atoms with E-state index in [0.717, 1.165) is 18.4 Å². The minimum absolute atomic E-state index is 0.239. The maximum Gasteiger partial charge on any atom is 0.179 e. The van der Waals surface area contributed by atoms with Gasteiger partial charge in [-0.15, -0.1) is 18.3 Å². The fraction of sp³-hybridized carbons (Fsp3) is 0.250. The molecule has 2 bridgehead atoms. The number of carbonyl (C=O) groups excluding carboxylic acids is 1. The molecule has 0 aromatic heterocycles. The summed E-state index contributed by atoms with van der Waals surface area (Å²) in [6.07, 6.45) is 3.83. The molecular formula is C20H18OS. The molecular weight excluding hydrogens is 288 g/mol. The smallest absolute Gasteiger partial charge is 0.179 e. The van der Waals surface area contributed by atoms with Crippen molar-refractivity contribution in [3.8, 4) is 0 Å².